The van der Waals surface area contributed by atoms with Crippen LogP contribution in [0.15, 0.2) is 232 Å². The van der Waals surface area contributed by atoms with Gasteiger partial charge in [-0.2, -0.15) is 0 Å². The van der Waals surface area contributed by atoms with Crippen LogP contribution in [0.2, 0.25) is 0 Å². The summed E-state index contributed by atoms with van der Waals surface area (Å²) in [5.74, 6) is 0. The van der Waals surface area contributed by atoms with Crippen LogP contribution >= 0.6 is 23.5 Å². The van der Waals surface area contributed by atoms with Gasteiger partial charge in [0, 0.05) is 86.0 Å². The van der Waals surface area contributed by atoms with Crippen molar-refractivity contribution < 1.29 is 0 Å². The highest BCUT2D eigenvalue weighted by Gasteiger charge is 2.47. The zero-order chi connectivity index (χ0) is 43.5. The van der Waals surface area contributed by atoms with Crippen molar-refractivity contribution in [2.45, 2.75) is 19.6 Å². The first-order valence-corrected chi connectivity index (χ1v) is 24.6. The van der Waals surface area contributed by atoms with Gasteiger partial charge in [-0.25, -0.2) is 0 Å². The third-order valence-electron chi connectivity index (χ3n) is 14.6. The Morgan fingerprint density at radius 2 is 0.552 bits per heavy atom. The monoisotopic (exact) mass is 886 g/mol. The minimum atomic E-state index is 0.0501. The molecule has 0 aliphatic carbocycles. The molecule has 16 rings (SSSR count). The van der Waals surface area contributed by atoms with Crippen LogP contribution < -0.4 is 21.3 Å². The number of anilines is 3. The fraction of sp³-hybridized carbons (Fsp3) is 0. The summed E-state index contributed by atoms with van der Waals surface area (Å²) in [5.41, 5.74) is 18.6. The van der Waals surface area contributed by atoms with Gasteiger partial charge in [0.05, 0.1) is 33.1 Å². The van der Waals surface area contributed by atoms with Gasteiger partial charge in [0.2, 0.25) is 0 Å². The third kappa shape index (κ3) is 4.87. The fourth-order valence-electron chi connectivity index (χ4n) is 12.0. The number of fused-ring (bicyclic) bond motifs is 9. The minimum absolute atomic E-state index is 0.0501. The predicted molar refractivity (Wildman–Crippen MR) is 283 cm³/mol. The first-order chi connectivity index (χ1) is 33.2. The van der Waals surface area contributed by atoms with Crippen LogP contribution in [0.4, 0.5) is 17.1 Å². The number of benzene rings is 10. The average Bonchev–Trinajstić information content (AvgIpc) is 4.02. The van der Waals surface area contributed by atoms with Crippen LogP contribution in [-0.2, 0) is 0 Å². The SMILES string of the molecule is c1ccc(N2c3cc(-n4c5ccccc5c5ccccc54)cc4c3B3c5c(cc(-n6c7ccccc7c7ccccc76)cc5Sc5cc(-n6c7ccccc7c7ccccc76)cc2c53)S4)cc1. The van der Waals surface area contributed by atoms with E-state index in [1.54, 1.807) is 0 Å². The molecule has 0 unspecified atom stereocenters. The molecule has 0 spiro atoms. The molecule has 6 heterocycles. The molecule has 0 amide bonds. The number of rotatable bonds is 4. The van der Waals surface area contributed by atoms with E-state index >= 15 is 0 Å². The van der Waals surface area contributed by atoms with Crippen molar-refractivity contribution in [1.29, 1.82) is 0 Å². The highest BCUT2D eigenvalue weighted by Crippen LogP contribution is 2.50. The molecule has 0 bridgehead atoms. The summed E-state index contributed by atoms with van der Waals surface area (Å²) in [6.07, 6.45) is 0. The van der Waals surface area contributed by atoms with Crippen molar-refractivity contribution in [3.8, 4) is 17.1 Å². The average molecular weight is 887 g/mol. The zero-order valence-electron chi connectivity index (χ0n) is 35.9. The first-order valence-electron chi connectivity index (χ1n) is 23.0. The van der Waals surface area contributed by atoms with E-state index < -0.39 is 0 Å². The molecule has 0 saturated carbocycles. The summed E-state index contributed by atoms with van der Waals surface area (Å²) in [6.45, 7) is 0.0501. The van der Waals surface area contributed by atoms with Gasteiger partial charge in [0.25, 0.3) is 6.71 Å². The summed E-state index contributed by atoms with van der Waals surface area (Å²) in [4.78, 5) is 7.81. The number of nitrogens with zero attached hydrogens (tertiary/aromatic N) is 4. The topological polar surface area (TPSA) is 18.0 Å². The van der Waals surface area contributed by atoms with Crippen molar-refractivity contribution >= 4 is 129 Å². The molecular weight excluding hydrogens is 852 g/mol. The molecule has 10 aromatic carbocycles. The van der Waals surface area contributed by atoms with E-state index in [9.17, 15) is 0 Å². The predicted octanol–water partition coefficient (Wildman–Crippen LogP) is 14.2. The number of aromatic nitrogens is 3. The molecule has 3 aliphatic heterocycles. The zero-order valence-corrected chi connectivity index (χ0v) is 37.5. The van der Waals surface area contributed by atoms with Crippen molar-refractivity contribution in [3.63, 3.8) is 0 Å². The first kappa shape index (κ1) is 36.4. The van der Waals surface area contributed by atoms with E-state index in [1.807, 2.05) is 23.5 Å². The van der Waals surface area contributed by atoms with Crippen molar-refractivity contribution in [1.82, 2.24) is 13.7 Å². The van der Waals surface area contributed by atoms with Crippen LogP contribution in [0.25, 0.3) is 82.5 Å². The van der Waals surface area contributed by atoms with E-state index in [0.29, 0.717) is 0 Å². The van der Waals surface area contributed by atoms with Crippen LogP contribution in [0.1, 0.15) is 0 Å². The highest BCUT2D eigenvalue weighted by molar-refractivity contribution is 8.01. The summed E-state index contributed by atoms with van der Waals surface area (Å²) in [5, 5.41) is 7.59. The summed E-state index contributed by atoms with van der Waals surface area (Å²) >= 11 is 3.89. The second-order valence-corrected chi connectivity index (χ2v) is 20.2. The highest BCUT2D eigenvalue weighted by atomic mass is 32.2. The van der Waals surface area contributed by atoms with Gasteiger partial charge in [-0.1, -0.05) is 151 Å². The molecule has 3 aromatic heterocycles. The van der Waals surface area contributed by atoms with Crippen molar-refractivity contribution in [3.05, 3.63) is 212 Å². The third-order valence-corrected chi connectivity index (χ3v) is 16.8. The van der Waals surface area contributed by atoms with Gasteiger partial charge >= 0.3 is 0 Å². The standard InChI is InChI=1S/C60H35BN4S2/c1-2-16-36(17-3-1)62-52-30-37(63-46-24-10-4-18-40(46)41-19-5-11-25-47(41)63)32-54-58(52)61-59-53(62)31-38(64-48-26-12-6-20-42(48)43-21-7-13-27-49(43)64)33-55(59)67-57-35-39(34-56(66-54)60(57)61)65-50-28-14-8-22-44(50)45-23-9-15-29-51(45)65/h1-35H. The number of hydrogen-bond acceptors (Lipinski definition) is 3. The normalized spacial score (nSPS) is 13.5. The molecule has 310 valence electrons. The van der Waals surface area contributed by atoms with Crippen LogP contribution in [0.3, 0.4) is 0 Å². The Labute approximate surface area is 394 Å². The molecule has 0 atom stereocenters. The van der Waals surface area contributed by atoms with Crippen molar-refractivity contribution in [2.24, 2.45) is 0 Å². The largest absolute Gasteiger partial charge is 0.311 e. The van der Waals surface area contributed by atoms with E-state index in [0.717, 1.165) is 17.1 Å². The van der Waals surface area contributed by atoms with Gasteiger partial charge in [0.15, 0.2) is 0 Å². The van der Waals surface area contributed by atoms with Crippen LogP contribution in [0.5, 0.6) is 0 Å². The Hall–Kier alpha value is -7.84. The van der Waals surface area contributed by atoms with E-state index in [4.69, 9.17) is 0 Å². The molecule has 0 radical (unpaired) electrons. The lowest BCUT2D eigenvalue weighted by Gasteiger charge is -2.44. The molecule has 3 aliphatic rings. The number of hydrogen-bond donors (Lipinski definition) is 0. The summed E-state index contributed by atoms with van der Waals surface area (Å²) < 4.78 is 7.48. The Morgan fingerprint density at radius 3 is 0.896 bits per heavy atom. The molecule has 0 saturated heterocycles. The summed E-state index contributed by atoms with van der Waals surface area (Å²) in [6, 6.07) is 79.3. The maximum absolute atomic E-state index is 2.58. The molecule has 7 heteroatoms. The quantitative estimate of drug-likeness (QED) is 0.164. The van der Waals surface area contributed by atoms with Gasteiger partial charge in [-0.05, 0) is 101 Å². The molecule has 0 N–H and O–H groups in total. The van der Waals surface area contributed by atoms with Gasteiger partial charge < -0.3 is 18.6 Å². The maximum Gasteiger partial charge on any atom is 0.252 e. The second kappa shape index (κ2) is 13.4. The molecule has 4 nitrogen and oxygen atoms in total. The van der Waals surface area contributed by atoms with Crippen molar-refractivity contribution in [2.75, 3.05) is 4.90 Å². The lowest BCUT2D eigenvalue weighted by Crippen LogP contribution is -2.62. The Morgan fingerprint density at radius 1 is 0.269 bits per heavy atom. The Kier molecular flexibility index (Phi) is 7.27. The Bertz CT molecular complexity index is 3960. The number of para-hydroxylation sites is 7. The van der Waals surface area contributed by atoms with Gasteiger partial charge in [-0.3, -0.25) is 0 Å². The smallest absolute Gasteiger partial charge is 0.252 e. The van der Waals surface area contributed by atoms with Gasteiger partial charge in [0.1, 0.15) is 0 Å². The van der Waals surface area contributed by atoms with Gasteiger partial charge in [-0.15, -0.1) is 0 Å². The maximum atomic E-state index is 2.58. The second-order valence-electron chi connectivity index (χ2n) is 18.0. The lowest BCUT2D eigenvalue weighted by atomic mass is 9.34. The molecule has 13 aromatic rings. The molecule has 0 fully saturated rings. The summed E-state index contributed by atoms with van der Waals surface area (Å²) in [7, 11) is 0. The van der Waals surface area contributed by atoms with Crippen LogP contribution in [0, 0.1) is 0 Å². The van der Waals surface area contributed by atoms with E-state index in [-0.39, 0.29) is 6.71 Å². The lowest BCUT2D eigenvalue weighted by molar-refractivity contribution is 1.12. The van der Waals surface area contributed by atoms with Crippen LogP contribution in [-0.4, -0.2) is 20.4 Å². The van der Waals surface area contributed by atoms with E-state index in [1.165, 1.54) is 118 Å². The minimum Gasteiger partial charge on any atom is -0.311 e. The Balaban J connectivity index is 1.03. The molecular formula is C60H35BN4S2. The fourth-order valence-corrected chi connectivity index (χ4v) is 14.6. The van der Waals surface area contributed by atoms with E-state index in [2.05, 4.69) is 231 Å². The molecule has 67 heavy (non-hydrogen) atoms.